The zero-order chi connectivity index (χ0) is 29.0. The number of rotatable bonds is 9. The third-order valence-electron chi connectivity index (χ3n) is 5.71. The van der Waals surface area contributed by atoms with E-state index in [9.17, 15) is 38.7 Å². The molecule has 3 aromatic carbocycles. The molecule has 3 rings (SSSR count). The minimum atomic E-state index is -1.39. The lowest BCUT2D eigenvalue weighted by Crippen LogP contribution is -2.18. The number of nitrogens with one attached hydrogen (secondary N) is 2. The smallest absolute Gasteiger partial charge is 0.335 e. The minimum absolute atomic E-state index is 0.127. The van der Waals surface area contributed by atoms with Crippen molar-refractivity contribution in [3.8, 4) is 0 Å². The van der Waals surface area contributed by atoms with Crippen molar-refractivity contribution in [2.24, 2.45) is 0 Å². The molecule has 2 amide bonds. The summed E-state index contributed by atoms with van der Waals surface area (Å²) < 4.78 is 0. The fraction of sp³-hybridized carbons (Fsp3) is 0.138. The molecule has 0 saturated carbocycles. The first-order valence-corrected chi connectivity index (χ1v) is 11.6. The zero-order valence-electron chi connectivity index (χ0n) is 21.5. The predicted octanol–water partition coefficient (Wildman–Crippen LogP) is 4.70. The number of ketones is 4. The van der Waals surface area contributed by atoms with Crippen molar-refractivity contribution < 1.29 is 38.7 Å². The van der Waals surface area contributed by atoms with Crippen molar-refractivity contribution in [2.75, 3.05) is 10.6 Å². The van der Waals surface area contributed by atoms with Crippen LogP contribution >= 0.6 is 0 Å². The topological polar surface area (TPSA) is 164 Å². The molecule has 0 aliphatic heterocycles. The summed E-state index contributed by atoms with van der Waals surface area (Å²) in [7, 11) is 0. The van der Waals surface area contributed by atoms with Crippen LogP contribution in [0.25, 0.3) is 0 Å². The highest BCUT2D eigenvalue weighted by Crippen LogP contribution is 2.21. The summed E-state index contributed by atoms with van der Waals surface area (Å²) in [6, 6.07) is 11.6. The van der Waals surface area contributed by atoms with E-state index in [2.05, 4.69) is 10.6 Å². The van der Waals surface area contributed by atoms with Crippen LogP contribution < -0.4 is 10.6 Å². The number of carboxylic acids is 1. The van der Waals surface area contributed by atoms with Gasteiger partial charge < -0.3 is 15.7 Å². The molecule has 10 nitrogen and oxygen atoms in total. The molecule has 3 N–H and O–H groups in total. The lowest BCUT2D eigenvalue weighted by molar-refractivity contribution is 0.0695. The van der Waals surface area contributed by atoms with Crippen LogP contribution in [0.15, 0.2) is 54.6 Å². The van der Waals surface area contributed by atoms with Gasteiger partial charge in [-0.1, -0.05) is 0 Å². The Morgan fingerprint density at radius 3 is 0.949 bits per heavy atom. The molecule has 10 heteroatoms. The largest absolute Gasteiger partial charge is 0.478 e. The van der Waals surface area contributed by atoms with Gasteiger partial charge in [0.05, 0.1) is 5.56 Å². The first kappa shape index (κ1) is 28.3. The van der Waals surface area contributed by atoms with Crippen molar-refractivity contribution in [3.63, 3.8) is 0 Å². The van der Waals surface area contributed by atoms with Crippen LogP contribution in [0.3, 0.4) is 0 Å². The van der Waals surface area contributed by atoms with E-state index in [0.29, 0.717) is 0 Å². The van der Waals surface area contributed by atoms with Crippen molar-refractivity contribution in [1.82, 2.24) is 0 Å². The fourth-order valence-corrected chi connectivity index (χ4v) is 3.63. The average Bonchev–Trinajstić information content (AvgIpc) is 2.87. The van der Waals surface area contributed by atoms with Crippen LogP contribution in [0.1, 0.15) is 100 Å². The van der Waals surface area contributed by atoms with Crippen LogP contribution in [-0.2, 0) is 0 Å². The molecule has 3 aromatic rings. The molecule has 0 aliphatic carbocycles. The summed E-state index contributed by atoms with van der Waals surface area (Å²) in [6.45, 7) is 5.21. The molecule has 0 aromatic heterocycles. The SMILES string of the molecule is CC(=O)c1cc(NC(=O)c2cc(C(=O)O)cc(C(=O)Nc3cc(C(C)=O)cc(C(C)=O)c3)c2)cc(C(C)=O)c1. The monoisotopic (exact) mass is 528 g/mol. The Labute approximate surface area is 223 Å². The summed E-state index contributed by atoms with van der Waals surface area (Å²) in [5, 5.41) is 14.6. The van der Waals surface area contributed by atoms with Gasteiger partial charge in [0, 0.05) is 44.8 Å². The van der Waals surface area contributed by atoms with Crippen molar-refractivity contribution in [3.05, 3.63) is 93.5 Å². The Kier molecular flexibility index (Phi) is 8.30. The third-order valence-corrected chi connectivity index (χ3v) is 5.71. The number of benzene rings is 3. The van der Waals surface area contributed by atoms with E-state index in [1.54, 1.807) is 0 Å². The highest BCUT2D eigenvalue weighted by atomic mass is 16.4. The number of carbonyl (C=O) groups is 7. The van der Waals surface area contributed by atoms with Gasteiger partial charge in [-0.2, -0.15) is 0 Å². The Morgan fingerprint density at radius 1 is 0.436 bits per heavy atom. The van der Waals surface area contributed by atoms with Gasteiger partial charge in [-0.05, 0) is 82.3 Å². The molecule has 0 atom stereocenters. The van der Waals surface area contributed by atoms with Crippen LogP contribution in [0.4, 0.5) is 11.4 Å². The normalized spacial score (nSPS) is 10.4. The predicted molar refractivity (Wildman–Crippen MR) is 142 cm³/mol. The number of hydrogen-bond donors (Lipinski definition) is 3. The quantitative estimate of drug-likeness (QED) is 0.336. The maximum atomic E-state index is 13.0. The first-order chi connectivity index (χ1) is 18.2. The number of amides is 2. The second-order valence-electron chi connectivity index (χ2n) is 8.84. The van der Waals surface area contributed by atoms with Gasteiger partial charge in [-0.15, -0.1) is 0 Å². The van der Waals surface area contributed by atoms with E-state index >= 15 is 0 Å². The summed E-state index contributed by atoms with van der Waals surface area (Å²) in [5.74, 6) is -4.30. The van der Waals surface area contributed by atoms with Gasteiger partial charge in [0.2, 0.25) is 0 Å². The van der Waals surface area contributed by atoms with E-state index in [4.69, 9.17) is 0 Å². The maximum Gasteiger partial charge on any atom is 0.335 e. The number of aromatic carboxylic acids is 1. The van der Waals surface area contributed by atoms with E-state index < -0.39 is 17.8 Å². The molecule has 198 valence electrons. The minimum Gasteiger partial charge on any atom is -0.478 e. The van der Waals surface area contributed by atoms with Crippen molar-refractivity contribution in [1.29, 1.82) is 0 Å². The lowest BCUT2D eigenvalue weighted by atomic mass is 10.0. The van der Waals surface area contributed by atoms with Crippen LogP contribution in [0.2, 0.25) is 0 Å². The second kappa shape index (κ2) is 11.4. The van der Waals surface area contributed by atoms with Gasteiger partial charge >= 0.3 is 5.97 Å². The molecule has 0 unspecified atom stereocenters. The average molecular weight is 529 g/mol. The summed E-state index contributed by atoms with van der Waals surface area (Å²) >= 11 is 0. The maximum absolute atomic E-state index is 13.0. The highest BCUT2D eigenvalue weighted by molar-refractivity contribution is 6.12. The second-order valence-corrected chi connectivity index (χ2v) is 8.84. The van der Waals surface area contributed by atoms with Gasteiger partial charge in [0.15, 0.2) is 23.1 Å². The molecule has 0 fully saturated rings. The lowest BCUT2D eigenvalue weighted by Gasteiger charge is -2.12. The number of anilines is 2. The van der Waals surface area contributed by atoms with Crippen LogP contribution in [0, 0.1) is 0 Å². The zero-order valence-corrected chi connectivity index (χ0v) is 21.5. The van der Waals surface area contributed by atoms with Gasteiger partial charge in [0.25, 0.3) is 11.8 Å². The Bertz CT molecular complexity index is 1410. The summed E-state index contributed by atoms with van der Waals surface area (Å²) in [4.78, 5) is 85.3. The molecule has 0 spiro atoms. The molecule has 39 heavy (non-hydrogen) atoms. The van der Waals surface area contributed by atoms with Crippen molar-refractivity contribution >= 4 is 52.3 Å². The molecular weight excluding hydrogens is 504 g/mol. The highest BCUT2D eigenvalue weighted by Gasteiger charge is 2.18. The Balaban J connectivity index is 1.98. The van der Waals surface area contributed by atoms with E-state index in [1.165, 1.54) is 70.2 Å². The number of carbonyl (C=O) groups excluding carboxylic acids is 6. The number of carboxylic acid groups (broad SMARTS) is 1. The summed E-state index contributed by atoms with van der Waals surface area (Å²) in [5.41, 5.74) is 0.302. The Hall–Kier alpha value is -5.25. The van der Waals surface area contributed by atoms with Gasteiger partial charge in [-0.3, -0.25) is 28.8 Å². The van der Waals surface area contributed by atoms with E-state index in [1.807, 2.05) is 0 Å². The van der Waals surface area contributed by atoms with Crippen LogP contribution in [0.5, 0.6) is 0 Å². The molecule has 0 heterocycles. The molecule has 0 saturated heterocycles. The standard InChI is InChI=1S/C29H24N2O8/c1-14(32)18-5-19(15(2)33)11-25(10-18)30-27(36)22-7-23(9-24(8-22)29(38)39)28(37)31-26-12-20(16(3)34)6-21(13-26)17(4)35/h5-13H,1-4H3,(H,30,36)(H,31,37)(H,38,39). The fourth-order valence-electron chi connectivity index (χ4n) is 3.63. The molecule has 0 aliphatic rings. The third kappa shape index (κ3) is 6.95. The van der Waals surface area contributed by atoms with Gasteiger partial charge in [0.1, 0.15) is 0 Å². The molecule has 0 bridgehead atoms. The first-order valence-electron chi connectivity index (χ1n) is 11.6. The van der Waals surface area contributed by atoms with E-state index in [0.717, 1.165) is 12.1 Å². The Morgan fingerprint density at radius 2 is 0.692 bits per heavy atom. The van der Waals surface area contributed by atoms with Crippen molar-refractivity contribution in [2.45, 2.75) is 27.7 Å². The number of Topliss-reactive ketones (excluding diaryl/α,β-unsaturated/α-hetero) is 4. The molecular formula is C29H24N2O8. The molecule has 0 radical (unpaired) electrons. The van der Waals surface area contributed by atoms with E-state index in [-0.39, 0.29) is 73.5 Å². The van der Waals surface area contributed by atoms with Crippen LogP contribution in [-0.4, -0.2) is 46.0 Å². The number of hydrogen-bond acceptors (Lipinski definition) is 7. The van der Waals surface area contributed by atoms with Gasteiger partial charge in [-0.25, -0.2) is 4.79 Å². The summed E-state index contributed by atoms with van der Waals surface area (Å²) in [6.07, 6.45) is 0.